The minimum Gasteiger partial charge on any atom is -0.395 e. The number of nitrogens with zero attached hydrogens (tertiary/aromatic N) is 5. The fourth-order valence-electron chi connectivity index (χ4n) is 3.82. The van der Waals surface area contributed by atoms with Crippen molar-refractivity contribution < 1.29 is 31.5 Å². The summed E-state index contributed by atoms with van der Waals surface area (Å²) >= 11 is 0. The van der Waals surface area contributed by atoms with Gasteiger partial charge in [-0.15, -0.1) is 0 Å². The zero-order chi connectivity index (χ0) is 24.0. The van der Waals surface area contributed by atoms with Gasteiger partial charge in [0.1, 0.15) is 4.90 Å². The van der Waals surface area contributed by atoms with Crippen LogP contribution < -0.4 is 0 Å². The molecule has 0 saturated carbocycles. The molecule has 0 fully saturated rings. The van der Waals surface area contributed by atoms with E-state index in [0.717, 1.165) is 6.20 Å². The predicted octanol–water partition coefficient (Wildman–Crippen LogP) is 1.97. The fraction of sp³-hybridized carbons (Fsp3) is 0.350. The van der Waals surface area contributed by atoms with Crippen LogP contribution >= 0.6 is 0 Å². The summed E-state index contributed by atoms with van der Waals surface area (Å²) in [5, 5.41) is 17.2. The number of rotatable bonds is 6. The maximum Gasteiger partial charge on any atom is 0.434 e. The molecule has 0 radical (unpaired) electrons. The van der Waals surface area contributed by atoms with Crippen molar-refractivity contribution in [2.45, 2.75) is 43.5 Å². The summed E-state index contributed by atoms with van der Waals surface area (Å²) in [5.41, 5.74) is -0.0813. The highest BCUT2D eigenvalue weighted by atomic mass is 32.2. The highest BCUT2D eigenvalue weighted by Crippen LogP contribution is 2.35. The quantitative estimate of drug-likeness (QED) is 0.574. The van der Waals surface area contributed by atoms with Crippen molar-refractivity contribution >= 4 is 15.9 Å². The van der Waals surface area contributed by atoms with Gasteiger partial charge in [-0.05, 0) is 12.5 Å². The molecule has 0 saturated heterocycles. The largest absolute Gasteiger partial charge is 0.434 e. The summed E-state index contributed by atoms with van der Waals surface area (Å²) in [7, 11) is -4.66. The molecule has 33 heavy (non-hydrogen) atoms. The van der Waals surface area contributed by atoms with Crippen molar-refractivity contribution in [3.63, 3.8) is 0 Å². The molecule has 4 rings (SSSR count). The molecular formula is C20H20F3N5O4S. The number of aromatic nitrogens is 4. The van der Waals surface area contributed by atoms with Crippen LogP contribution in [0.1, 0.15) is 35.4 Å². The number of aliphatic hydroxyl groups is 1. The lowest BCUT2D eigenvalue weighted by atomic mass is 9.98. The number of alkyl halides is 3. The molecule has 0 aliphatic carbocycles. The Morgan fingerprint density at radius 1 is 1.21 bits per heavy atom. The van der Waals surface area contributed by atoms with E-state index < -0.39 is 39.3 Å². The average Bonchev–Trinajstić information content (AvgIpc) is 3.47. The first-order valence-corrected chi connectivity index (χ1v) is 11.4. The number of carbonyl (C=O) groups is 1. The molecule has 1 amide bonds. The lowest BCUT2D eigenvalue weighted by molar-refractivity contribution is -0.146. The highest BCUT2D eigenvalue weighted by Gasteiger charge is 2.43. The number of amides is 1. The standard InChI is InChI=1S/C20H20F3N5O4S/c1-2-27-18(20(21,22)23)17(8-24-27)33(31,32)28-10-14-9-26(11-16(14)25-28)19(30)15(12-29)13-6-4-3-5-7-13/h3-8,10,15,29H,2,9,11-12H2,1H3/t15-/m0/s1. The summed E-state index contributed by atoms with van der Waals surface area (Å²) in [6.45, 7) is 0.840. The molecule has 13 heteroatoms. The zero-order valence-corrected chi connectivity index (χ0v) is 18.2. The maximum atomic E-state index is 13.5. The third kappa shape index (κ3) is 4.02. The number of carbonyl (C=O) groups excluding carboxylic acids is 1. The van der Waals surface area contributed by atoms with Gasteiger partial charge in [0.15, 0.2) is 5.69 Å². The molecule has 3 heterocycles. The summed E-state index contributed by atoms with van der Waals surface area (Å²) in [6.07, 6.45) is -3.15. The molecule has 9 nitrogen and oxygen atoms in total. The van der Waals surface area contributed by atoms with Crippen molar-refractivity contribution in [3.8, 4) is 0 Å². The zero-order valence-electron chi connectivity index (χ0n) is 17.4. The molecule has 1 aliphatic rings. The van der Waals surface area contributed by atoms with Crippen LogP contribution in [-0.2, 0) is 40.6 Å². The normalized spacial score (nSPS) is 15.0. The fourth-order valence-corrected chi connectivity index (χ4v) is 5.14. The van der Waals surface area contributed by atoms with Gasteiger partial charge < -0.3 is 10.0 Å². The smallest absolute Gasteiger partial charge is 0.395 e. The SMILES string of the molecule is CCn1ncc(S(=O)(=O)n2cc3c(n2)CN(C(=O)[C@@H](CO)c2ccccc2)C3)c1C(F)(F)F. The van der Waals surface area contributed by atoms with Gasteiger partial charge in [-0.3, -0.25) is 9.48 Å². The van der Waals surface area contributed by atoms with Crippen LogP contribution in [0.3, 0.4) is 0 Å². The molecule has 1 atom stereocenters. The number of fused-ring (bicyclic) bond motifs is 1. The third-order valence-electron chi connectivity index (χ3n) is 5.45. The van der Waals surface area contributed by atoms with Crippen LogP contribution in [-0.4, -0.2) is 49.9 Å². The summed E-state index contributed by atoms with van der Waals surface area (Å²) in [5.74, 6) is -1.15. The van der Waals surface area contributed by atoms with Crippen LogP contribution in [0.5, 0.6) is 0 Å². The average molecular weight is 483 g/mol. The Balaban J connectivity index is 1.60. The Morgan fingerprint density at radius 3 is 2.48 bits per heavy atom. The molecular weight excluding hydrogens is 463 g/mol. The second-order valence-electron chi connectivity index (χ2n) is 7.49. The number of benzene rings is 1. The van der Waals surface area contributed by atoms with Crippen molar-refractivity contribution in [2.75, 3.05) is 6.61 Å². The van der Waals surface area contributed by atoms with Crippen LogP contribution in [0.2, 0.25) is 0 Å². The van der Waals surface area contributed by atoms with Gasteiger partial charge >= 0.3 is 6.18 Å². The molecule has 2 aromatic heterocycles. The van der Waals surface area contributed by atoms with Crippen molar-refractivity contribution in [1.29, 1.82) is 0 Å². The lowest BCUT2D eigenvalue weighted by Gasteiger charge is -2.22. The first-order valence-electron chi connectivity index (χ1n) is 9.98. The molecule has 0 bridgehead atoms. The number of aryl methyl sites for hydroxylation is 1. The van der Waals surface area contributed by atoms with Gasteiger partial charge in [-0.2, -0.15) is 35.9 Å². The Labute approximate surface area is 187 Å². The number of aliphatic hydroxyl groups excluding tert-OH is 1. The Bertz CT molecular complexity index is 1260. The Morgan fingerprint density at radius 2 is 1.91 bits per heavy atom. The topological polar surface area (TPSA) is 110 Å². The predicted molar refractivity (Wildman–Crippen MR) is 108 cm³/mol. The maximum absolute atomic E-state index is 13.5. The second-order valence-corrected chi connectivity index (χ2v) is 9.25. The van der Waals surface area contributed by atoms with Crippen molar-refractivity contribution in [2.24, 2.45) is 0 Å². The van der Waals surface area contributed by atoms with E-state index >= 15 is 0 Å². The van der Waals surface area contributed by atoms with E-state index in [1.165, 1.54) is 11.8 Å². The molecule has 176 valence electrons. The van der Waals surface area contributed by atoms with Gasteiger partial charge in [-0.25, -0.2) is 0 Å². The van der Waals surface area contributed by atoms with Gasteiger partial charge in [0.05, 0.1) is 31.0 Å². The van der Waals surface area contributed by atoms with E-state index in [0.29, 0.717) is 26.1 Å². The van der Waals surface area contributed by atoms with Crippen molar-refractivity contribution in [3.05, 3.63) is 65.2 Å². The van der Waals surface area contributed by atoms with Crippen molar-refractivity contribution in [1.82, 2.24) is 23.9 Å². The van der Waals surface area contributed by atoms with E-state index in [1.54, 1.807) is 30.3 Å². The minimum atomic E-state index is -4.93. The number of halogens is 3. The first-order chi connectivity index (χ1) is 15.6. The lowest BCUT2D eigenvalue weighted by Crippen LogP contribution is -2.33. The van der Waals surface area contributed by atoms with Gasteiger partial charge in [0.2, 0.25) is 5.91 Å². The Hall–Kier alpha value is -3.19. The summed E-state index contributed by atoms with van der Waals surface area (Å²) in [4.78, 5) is 13.3. The second kappa shape index (κ2) is 8.30. The third-order valence-corrected chi connectivity index (χ3v) is 6.98. The Kier molecular flexibility index (Phi) is 5.78. The summed E-state index contributed by atoms with van der Waals surface area (Å²) in [6, 6.07) is 8.71. The molecule has 0 unspecified atom stereocenters. The van der Waals surface area contributed by atoms with Gasteiger partial charge in [0.25, 0.3) is 10.0 Å². The van der Waals surface area contributed by atoms with Crippen LogP contribution in [0.25, 0.3) is 0 Å². The minimum absolute atomic E-state index is 0.0212. The van der Waals surface area contributed by atoms with Gasteiger partial charge in [0, 0.05) is 24.8 Å². The van der Waals surface area contributed by atoms with Gasteiger partial charge in [-0.1, -0.05) is 30.3 Å². The molecule has 3 aromatic rings. The number of hydrogen-bond acceptors (Lipinski definition) is 6. The van der Waals surface area contributed by atoms with E-state index in [4.69, 9.17) is 0 Å². The van der Waals surface area contributed by atoms with E-state index in [-0.39, 0.29) is 31.2 Å². The monoisotopic (exact) mass is 483 g/mol. The molecule has 1 N–H and O–H groups in total. The summed E-state index contributed by atoms with van der Waals surface area (Å²) < 4.78 is 67.4. The molecule has 0 spiro atoms. The van der Waals surface area contributed by atoms with E-state index in [9.17, 15) is 31.5 Å². The van der Waals surface area contributed by atoms with Crippen LogP contribution in [0.15, 0.2) is 47.6 Å². The van der Waals surface area contributed by atoms with Crippen LogP contribution in [0, 0.1) is 0 Å². The molecule has 1 aromatic carbocycles. The van der Waals surface area contributed by atoms with E-state index in [2.05, 4.69) is 10.2 Å². The molecule has 1 aliphatic heterocycles. The van der Waals surface area contributed by atoms with Crippen LogP contribution in [0.4, 0.5) is 13.2 Å². The highest BCUT2D eigenvalue weighted by molar-refractivity contribution is 7.89. The first kappa shape index (κ1) is 23.0. The number of hydrogen-bond donors (Lipinski definition) is 1. The van der Waals surface area contributed by atoms with E-state index in [1.807, 2.05) is 0 Å².